The highest BCUT2D eigenvalue weighted by Gasteiger charge is 2.41. The summed E-state index contributed by atoms with van der Waals surface area (Å²) in [6.07, 6.45) is -8.27. The molecule has 0 radical (unpaired) electrons. The van der Waals surface area contributed by atoms with Gasteiger partial charge in [0.05, 0.1) is 17.4 Å². The van der Waals surface area contributed by atoms with Gasteiger partial charge in [-0.2, -0.15) is 31.4 Å². The van der Waals surface area contributed by atoms with Crippen molar-refractivity contribution in [2.24, 2.45) is 0 Å². The van der Waals surface area contributed by atoms with Gasteiger partial charge in [0, 0.05) is 28.2 Å². The molecule has 2 aromatic heterocycles. The van der Waals surface area contributed by atoms with E-state index in [0.717, 1.165) is 24.0 Å². The Morgan fingerprint density at radius 1 is 1.03 bits per heavy atom. The number of nitrogens with zero attached hydrogens (tertiary/aromatic N) is 3. The van der Waals surface area contributed by atoms with E-state index in [0.29, 0.717) is 27.3 Å². The first-order valence-electron chi connectivity index (χ1n) is 9.71. The van der Waals surface area contributed by atoms with E-state index in [-0.39, 0.29) is 18.0 Å². The molecule has 174 valence electrons. The molecule has 2 aromatic carbocycles. The van der Waals surface area contributed by atoms with Gasteiger partial charge in [0.15, 0.2) is 5.69 Å². The molecule has 0 saturated carbocycles. The van der Waals surface area contributed by atoms with Crippen molar-refractivity contribution in [3.05, 3.63) is 77.4 Å². The number of aromatic nitrogens is 3. The standard InChI is InChI=1S/C22H12F6N4O2/c23-21(24,25)17-8-12(6-7-29-17)31-20(33)14-9-30-32(19(14)22(26,27)28)15-5-4-11-10-34-16-3-1-2-13(15)18(11)16/h1-9H,10H2,(H,29,31,33). The first-order chi connectivity index (χ1) is 16.0. The number of amides is 1. The second-order valence-corrected chi connectivity index (χ2v) is 7.41. The second-order valence-electron chi connectivity index (χ2n) is 7.41. The summed E-state index contributed by atoms with van der Waals surface area (Å²) in [5, 5.41) is 6.95. The zero-order valence-corrected chi connectivity index (χ0v) is 16.8. The second kappa shape index (κ2) is 7.47. The number of benzene rings is 2. The van der Waals surface area contributed by atoms with Gasteiger partial charge in [-0.05, 0) is 24.3 Å². The summed E-state index contributed by atoms with van der Waals surface area (Å²) in [5.41, 5.74) is -3.01. The Kier molecular flexibility index (Phi) is 4.78. The number of halogens is 6. The topological polar surface area (TPSA) is 69.0 Å². The van der Waals surface area contributed by atoms with Crippen molar-refractivity contribution < 1.29 is 35.9 Å². The van der Waals surface area contributed by atoms with E-state index in [1.807, 2.05) is 0 Å². The van der Waals surface area contributed by atoms with Crippen LogP contribution >= 0.6 is 0 Å². The molecule has 3 heterocycles. The summed E-state index contributed by atoms with van der Waals surface area (Å²) in [5.74, 6) is -0.752. The minimum Gasteiger partial charge on any atom is -0.488 e. The Labute approximate surface area is 186 Å². The third-order valence-electron chi connectivity index (χ3n) is 5.27. The maximum Gasteiger partial charge on any atom is 0.434 e. The molecule has 1 aliphatic heterocycles. The van der Waals surface area contributed by atoms with E-state index >= 15 is 0 Å². The minimum absolute atomic E-state index is 0.0701. The number of nitrogens with one attached hydrogen (secondary N) is 1. The van der Waals surface area contributed by atoms with Gasteiger partial charge >= 0.3 is 12.4 Å². The van der Waals surface area contributed by atoms with Crippen LogP contribution in [-0.4, -0.2) is 20.7 Å². The number of ether oxygens (including phenoxy) is 1. The van der Waals surface area contributed by atoms with Crippen molar-refractivity contribution in [2.75, 3.05) is 5.32 Å². The van der Waals surface area contributed by atoms with E-state index in [2.05, 4.69) is 15.4 Å². The van der Waals surface area contributed by atoms with Crippen LogP contribution in [0.2, 0.25) is 0 Å². The van der Waals surface area contributed by atoms with Gasteiger partial charge in [0.1, 0.15) is 18.1 Å². The molecule has 0 saturated heterocycles. The van der Waals surface area contributed by atoms with Crippen LogP contribution in [0.1, 0.15) is 27.3 Å². The van der Waals surface area contributed by atoms with Crippen molar-refractivity contribution in [2.45, 2.75) is 19.0 Å². The molecule has 0 atom stereocenters. The highest BCUT2D eigenvalue weighted by atomic mass is 19.4. The van der Waals surface area contributed by atoms with Crippen LogP contribution in [0, 0.1) is 0 Å². The molecule has 0 fully saturated rings. The van der Waals surface area contributed by atoms with Crippen LogP contribution in [-0.2, 0) is 19.0 Å². The number of carbonyl (C=O) groups is 1. The summed E-state index contributed by atoms with van der Waals surface area (Å²) in [4.78, 5) is 15.8. The number of anilines is 1. The maximum absolute atomic E-state index is 14.1. The number of carbonyl (C=O) groups excluding carboxylic acids is 1. The lowest BCUT2D eigenvalue weighted by Crippen LogP contribution is -2.21. The smallest absolute Gasteiger partial charge is 0.434 e. The molecule has 0 unspecified atom stereocenters. The van der Waals surface area contributed by atoms with Gasteiger partial charge in [-0.25, -0.2) is 4.68 Å². The molecule has 4 aromatic rings. The summed E-state index contributed by atoms with van der Waals surface area (Å²) in [6, 6.07) is 9.56. The molecule has 1 N–H and O–H groups in total. The van der Waals surface area contributed by atoms with E-state index in [4.69, 9.17) is 4.74 Å². The molecule has 12 heteroatoms. The van der Waals surface area contributed by atoms with Gasteiger partial charge in [-0.3, -0.25) is 9.78 Å². The Bertz CT molecular complexity index is 1430. The largest absolute Gasteiger partial charge is 0.488 e. The third-order valence-corrected chi connectivity index (χ3v) is 5.27. The first kappa shape index (κ1) is 21.7. The fourth-order valence-electron chi connectivity index (χ4n) is 3.84. The molecule has 5 rings (SSSR count). The number of hydrogen-bond acceptors (Lipinski definition) is 4. The Hall–Kier alpha value is -4.09. The minimum atomic E-state index is -5.00. The van der Waals surface area contributed by atoms with Gasteiger partial charge in [0.2, 0.25) is 0 Å². The van der Waals surface area contributed by atoms with Gasteiger partial charge < -0.3 is 10.1 Å². The predicted octanol–water partition coefficient (Wildman–Crippen LogP) is 5.60. The van der Waals surface area contributed by atoms with E-state index in [1.54, 1.807) is 24.3 Å². The molecule has 0 bridgehead atoms. The Morgan fingerprint density at radius 3 is 2.56 bits per heavy atom. The Balaban J connectivity index is 1.59. The quantitative estimate of drug-likeness (QED) is 0.389. The molecular weight excluding hydrogens is 466 g/mol. The van der Waals surface area contributed by atoms with Gasteiger partial charge in [0.25, 0.3) is 5.91 Å². The van der Waals surface area contributed by atoms with E-state index in [1.165, 1.54) is 6.07 Å². The van der Waals surface area contributed by atoms with E-state index in [9.17, 15) is 31.1 Å². The van der Waals surface area contributed by atoms with Crippen LogP contribution < -0.4 is 10.1 Å². The van der Waals surface area contributed by atoms with Crippen molar-refractivity contribution in [1.29, 1.82) is 0 Å². The lowest BCUT2D eigenvalue weighted by molar-refractivity contribution is -0.143. The summed E-state index contributed by atoms with van der Waals surface area (Å²) in [6.45, 7) is 0.279. The molecular formula is C22H12F6N4O2. The Morgan fingerprint density at radius 2 is 1.82 bits per heavy atom. The SMILES string of the molecule is O=C(Nc1ccnc(C(F)(F)F)c1)c1cnn(-c2ccc3c4c(cccc24)OC3)c1C(F)(F)F. The van der Waals surface area contributed by atoms with Crippen LogP contribution in [0.4, 0.5) is 32.0 Å². The fraction of sp³-hybridized carbons (Fsp3) is 0.136. The van der Waals surface area contributed by atoms with Crippen LogP contribution in [0.15, 0.2) is 54.9 Å². The highest BCUT2D eigenvalue weighted by Crippen LogP contribution is 2.40. The third kappa shape index (κ3) is 3.60. The molecule has 34 heavy (non-hydrogen) atoms. The summed E-state index contributed by atoms with van der Waals surface area (Å²) < 4.78 is 87.1. The highest BCUT2D eigenvalue weighted by molar-refractivity contribution is 6.05. The monoisotopic (exact) mass is 478 g/mol. The van der Waals surface area contributed by atoms with Gasteiger partial charge in [-0.1, -0.05) is 18.2 Å². The number of alkyl halides is 6. The van der Waals surface area contributed by atoms with Crippen molar-refractivity contribution >= 4 is 22.4 Å². The zero-order valence-electron chi connectivity index (χ0n) is 16.8. The average Bonchev–Trinajstić information content (AvgIpc) is 3.40. The summed E-state index contributed by atoms with van der Waals surface area (Å²) in [7, 11) is 0. The molecule has 0 spiro atoms. The number of rotatable bonds is 3. The van der Waals surface area contributed by atoms with Crippen molar-refractivity contribution in [3.8, 4) is 11.4 Å². The first-order valence-corrected chi connectivity index (χ1v) is 9.71. The molecule has 0 aliphatic carbocycles. The van der Waals surface area contributed by atoms with E-state index < -0.39 is 35.2 Å². The molecule has 6 nitrogen and oxygen atoms in total. The van der Waals surface area contributed by atoms with Crippen LogP contribution in [0.5, 0.6) is 5.75 Å². The van der Waals surface area contributed by atoms with Crippen LogP contribution in [0.25, 0.3) is 16.5 Å². The summed E-state index contributed by atoms with van der Waals surface area (Å²) >= 11 is 0. The van der Waals surface area contributed by atoms with Crippen LogP contribution in [0.3, 0.4) is 0 Å². The predicted molar refractivity (Wildman–Crippen MR) is 108 cm³/mol. The van der Waals surface area contributed by atoms with Gasteiger partial charge in [-0.15, -0.1) is 0 Å². The maximum atomic E-state index is 14.1. The normalized spacial score (nSPS) is 13.2. The number of hydrogen-bond donors (Lipinski definition) is 1. The average molecular weight is 478 g/mol. The van der Waals surface area contributed by atoms with Crippen molar-refractivity contribution in [3.63, 3.8) is 0 Å². The number of pyridine rings is 1. The molecule has 1 amide bonds. The lowest BCUT2D eigenvalue weighted by atomic mass is 10.0. The fourth-order valence-corrected chi connectivity index (χ4v) is 3.84. The lowest BCUT2D eigenvalue weighted by Gasteiger charge is -2.15. The zero-order chi connectivity index (χ0) is 24.3. The molecule has 1 aliphatic rings. The van der Waals surface area contributed by atoms with Crippen molar-refractivity contribution in [1.82, 2.24) is 14.8 Å².